The molecule has 0 aliphatic heterocycles. The van der Waals surface area contributed by atoms with E-state index in [-0.39, 0.29) is 30.5 Å². The third kappa shape index (κ3) is 13.8. The highest BCUT2D eigenvalue weighted by molar-refractivity contribution is 7.46. The average Bonchev–Trinajstić information content (AvgIpc) is 3.02. The van der Waals surface area contributed by atoms with E-state index in [9.17, 15) is 28.7 Å². The average molecular weight is 768 g/mol. The number of phosphoric acid groups is 1. The van der Waals surface area contributed by atoms with E-state index in [2.05, 4.69) is 43.2 Å². The number of hydrogen-bond donors (Lipinski definition) is 4. The second-order valence-electron chi connectivity index (χ2n) is 15.5. The quantitative estimate of drug-likeness (QED) is 0.0558. The summed E-state index contributed by atoms with van der Waals surface area (Å²) in [4.78, 5) is 60.4. The molecule has 0 heterocycles. The van der Waals surface area contributed by atoms with Crippen molar-refractivity contribution < 1.29 is 42.7 Å². The molecule has 0 aliphatic rings. The number of carbonyl (C=O) groups excluding carboxylic acids is 3. The van der Waals surface area contributed by atoms with Crippen molar-refractivity contribution >= 4 is 42.9 Å². The fourth-order valence-electron chi connectivity index (χ4n) is 6.67. The Hall–Kier alpha value is -4.38. The van der Waals surface area contributed by atoms with Gasteiger partial charge in [0.05, 0.1) is 24.2 Å². The monoisotopic (exact) mass is 767 g/mol. The third-order valence-corrected chi connectivity index (χ3v) is 9.27. The highest BCUT2D eigenvalue weighted by Crippen LogP contribution is 2.45. The lowest BCUT2D eigenvalue weighted by atomic mass is 9.78. The summed E-state index contributed by atoms with van der Waals surface area (Å²) in [5.41, 5.74) is 5.05. The largest absolute Gasteiger partial charge is 0.524 e. The summed E-state index contributed by atoms with van der Waals surface area (Å²) in [5.74, 6) is -0.727. The van der Waals surface area contributed by atoms with E-state index < -0.39 is 32.0 Å². The first-order chi connectivity index (χ1) is 25.2. The number of amides is 2. The predicted octanol–water partition coefficient (Wildman–Crippen LogP) is 9.14. The van der Waals surface area contributed by atoms with Gasteiger partial charge in [-0.2, -0.15) is 0 Å². The molecule has 12 nitrogen and oxygen atoms in total. The van der Waals surface area contributed by atoms with Crippen molar-refractivity contribution in [3.05, 3.63) is 82.4 Å². The van der Waals surface area contributed by atoms with E-state index in [1.54, 1.807) is 27.7 Å². The third-order valence-electron chi connectivity index (χ3n) is 8.83. The fraction of sp³-hybridized carbons (Fsp3) is 0.488. The van der Waals surface area contributed by atoms with Gasteiger partial charge in [-0.05, 0) is 92.0 Å². The molecule has 0 bridgehead atoms. The zero-order valence-electron chi connectivity index (χ0n) is 33.3. The summed E-state index contributed by atoms with van der Waals surface area (Å²) in [5, 5.41) is 5.97. The summed E-state index contributed by atoms with van der Waals surface area (Å²) >= 11 is 0. The van der Waals surface area contributed by atoms with Gasteiger partial charge in [-0.3, -0.25) is 19.4 Å². The van der Waals surface area contributed by atoms with Gasteiger partial charge in [0.1, 0.15) is 5.75 Å². The lowest BCUT2D eigenvalue weighted by Gasteiger charge is -2.31. The van der Waals surface area contributed by atoms with Gasteiger partial charge in [-0.1, -0.05) is 78.3 Å². The van der Waals surface area contributed by atoms with Gasteiger partial charge >= 0.3 is 25.8 Å². The Kier molecular flexibility index (Phi) is 15.7. The van der Waals surface area contributed by atoms with Crippen molar-refractivity contribution in [2.75, 3.05) is 35.4 Å². The number of nitrogens with zero attached hydrogens (tertiary/aromatic N) is 1. The van der Waals surface area contributed by atoms with Crippen LogP contribution in [0.4, 0.5) is 21.9 Å². The lowest BCUT2D eigenvalue weighted by molar-refractivity contribution is -0.168. The molecule has 0 saturated heterocycles. The molecule has 1 atom stereocenters. The van der Waals surface area contributed by atoms with Crippen molar-refractivity contribution in [1.82, 2.24) is 0 Å². The maximum atomic E-state index is 13.3. The van der Waals surface area contributed by atoms with Crippen LogP contribution in [0.2, 0.25) is 0 Å². The Labute approximate surface area is 320 Å². The molecule has 0 radical (unpaired) electrons. The van der Waals surface area contributed by atoms with Crippen molar-refractivity contribution in [3.63, 3.8) is 0 Å². The maximum Gasteiger partial charge on any atom is 0.524 e. The molecule has 2 amide bonds. The number of anilines is 3. The SMILES string of the molecule is CCC(CC(=O)OCOC(=O)CC(C)(C)c1c(C)cc(C)cc1OP(=O)(O)O)c1ccc(N(CC(C)C)CC(C)C)c(NC(=O)Nc2ccc(C)cc2)c1. The van der Waals surface area contributed by atoms with E-state index >= 15 is 0 Å². The van der Waals surface area contributed by atoms with Crippen molar-refractivity contribution in [2.45, 2.75) is 99.8 Å². The van der Waals surface area contributed by atoms with Crippen LogP contribution in [0.1, 0.15) is 101 Å². The van der Waals surface area contributed by atoms with Crippen LogP contribution >= 0.6 is 7.82 Å². The molecular weight excluding hydrogens is 709 g/mol. The Morgan fingerprint density at radius 2 is 1.44 bits per heavy atom. The summed E-state index contributed by atoms with van der Waals surface area (Å²) in [6, 6.07) is 16.4. The van der Waals surface area contributed by atoms with Gasteiger partial charge in [-0.25, -0.2) is 9.36 Å². The normalized spacial score (nSPS) is 12.3. The summed E-state index contributed by atoms with van der Waals surface area (Å²) in [7, 11) is -4.86. The molecule has 0 spiro atoms. The zero-order valence-corrected chi connectivity index (χ0v) is 34.2. The molecule has 0 aliphatic carbocycles. The highest BCUT2D eigenvalue weighted by atomic mass is 31.2. The molecule has 0 aromatic heterocycles. The van der Waals surface area contributed by atoms with Crippen LogP contribution in [0.15, 0.2) is 54.6 Å². The first kappa shape index (κ1) is 44.0. The van der Waals surface area contributed by atoms with Crippen molar-refractivity contribution in [2.24, 2.45) is 11.8 Å². The first-order valence-corrected chi connectivity index (χ1v) is 19.9. The minimum Gasteiger partial charge on any atom is -0.428 e. The second-order valence-corrected chi connectivity index (χ2v) is 16.6. The molecule has 13 heteroatoms. The number of ether oxygens (including phenoxy) is 2. The van der Waals surface area contributed by atoms with Crippen LogP contribution in [0, 0.1) is 32.6 Å². The van der Waals surface area contributed by atoms with E-state index in [1.165, 1.54) is 6.07 Å². The Morgan fingerprint density at radius 3 is 2.02 bits per heavy atom. The molecule has 296 valence electrons. The number of rotatable bonds is 18. The number of phosphoric ester groups is 1. The standard InChI is InChI=1S/C41H58N3O9P/c1-11-31(21-37(45)51-25-52-38(46)22-41(9,10)39-30(8)18-29(7)19-36(39)53-54(48,49)50)32-14-17-35(44(23-26(2)3)24-27(4)5)34(20-32)43-40(47)42-33-15-12-28(6)13-16-33/h12-20,26-27,31H,11,21-25H2,1-10H3,(H2,42,43,47)(H2,48,49,50). The molecular formula is C41H58N3O9P. The zero-order chi connectivity index (χ0) is 40.4. The Balaban J connectivity index is 1.73. The molecule has 4 N–H and O–H groups in total. The van der Waals surface area contributed by atoms with Crippen molar-refractivity contribution in [1.29, 1.82) is 0 Å². The van der Waals surface area contributed by atoms with Gasteiger partial charge in [-0.15, -0.1) is 0 Å². The molecule has 1 unspecified atom stereocenters. The maximum absolute atomic E-state index is 13.3. The van der Waals surface area contributed by atoms with Crippen LogP contribution < -0.4 is 20.1 Å². The Morgan fingerprint density at radius 1 is 0.833 bits per heavy atom. The number of aryl methyl sites for hydroxylation is 3. The smallest absolute Gasteiger partial charge is 0.428 e. The molecule has 3 aromatic rings. The molecule has 3 rings (SSSR count). The number of benzene rings is 3. The van der Waals surface area contributed by atoms with Crippen LogP contribution in [0.5, 0.6) is 5.75 Å². The van der Waals surface area contributed by atoms with Crippen LogP contribution in [-0.2, 0) is 29.0 Å². The molecule has 3 aromatic carbocycles. The van der Waals surface area contributed by atoms with E-state index in [0.717, 1.165) is 35.5 Å². The number of esters is 2. The van der Waals surface area contributed by atoms with Crippen LogP contribution in [0.3, 0.4) is 0 Å². The van der Waals surface area contributed by atoms with Crippen LogP contribution in [-0.4, -0.2) is 47.6 Å². The minimum atomic E-state index is -4.86. The first-order valence-electron chi connectivity index (χ1n) is 18.4. The molecule has 54 heavy (non-hydrogen) atoms. The molecule has 0 fully saturated rings. The lowest BCUT2D eigenvalue weighted by Crippen LogP contribution is -2.32. The van der Waals surface area contributed by atoms with E-state index in [1.807, 2.05) is 62.4 Å². The van der Waals surface area contributed by atoms with Crippen LogP contribution in [0.25, 0.3) is 0 Å². The van der Waals surface area contributed by atoms with Gasteiger partial charge in [0.15, 0.2) is 0 Å². The summed E-state index contributed by atoms with van der Waals surface area (Å²) < 4.78 is 27.3. The van der Waals surface area contributed by atoms with Gasteiger partial charge in [0, 0.05) is 29.8 Å². The van der Waals surface area contributed by atoms with Gasteiger partial charge in [0.2, 0.25) is 6.79 Å². The predicted molar refractivity (Wildman–Crippen MR) is 213 cm³/mol. The Bertz CT molecular complexity index is 1790. The van der Waals surface area contributed by atoms with E-state index in [4.69, 9.17) is 14.0 Å². The minimum absolute atomic E-state index is 0.0125. The summed E-state index contributed by atoms with van der Waals surface area (Å²) in [6.45, 7) is 20.6. The van der Waals surface area contributed by atoms with Gasteiger partial charge in [0.25, 0.3) is 0 Å². The second kappa shape index (κ2) is 19.3. The number of nitrogens with one attached hydrogen (secondary N) is 2. The van der Waals surface area contributed by atoms with Gasteiger partial charge < -0.3 is 29.5 Å². The van der Waals surface area contributed by atoms with Crippen molar-refractivity contribution in [3.8, 4) is 5.75 Å². The topological polar surface area (TPSA) is 164 Å². The molecule has 0 saturated carbocycles. The highest BCUT2D eigenvalue weighted by Gasteiger charge is 2.33. The van der Waals surface area contributed by atoms with E-state index in [0.29, 0.717) is 40.8 Å². The number of carbonyl (C=O) groups is 3. The number of urea groups is 1. The number of hydrogen-bond acceptors (Lipinski definition) is 8. The fourth-order valence-corrected chi connectivity index (χ4v) is 7.07. The summed E-state index contributed by atoms with van der Waals surface area (Å²) in [6.07, 6.45) is 0.448.